The van der Waals surface area contributed by atoms with E-state index >= 15 is 0 Å². The van der Waals surface area contributed by atoms with Crippen LogP contribution in [0, 0.1) is 6.92 Å². The first-order chi connectivity index (χ1) is 11.8. The van der Waals surface area contributed by atoms with E-state index in [4.69, 9.17) is 9.47 Å². The number of nitrogens with zero attached hydrogens (tertiary/aromatic N) is 3. The second-order valence-electron chi connectivity index (χ2n) is 5.64. The molecule has 0 aliphatic rings. The van der Waals surface area contributed by atoms with Crippen LogP contribution in [-0.2, 0) is 11.8 Å². The Bertz CT molecular complexity index is 785. The third-order valence-electron chi connectivity index (χ3n) is 3.58. The average molecular weight is 346 g/mol. The van der Waals surface area contributed by atoms with Crippen molar-refractivity contribution in [3.05, 3.63) is 35.5 Å². The molecule has 1 heterocycles. The predicted octanol–water partition coefficient (Wildman–Crippen LogP) is 1.46. The van der Waals surface area contributed by atoms with E-state index in [-0.39, 0.29) is 24.2 Å². The molecular weight excluding hydrogens is 324 g/mol. The molecule has 8 heteroatoms. The molecule has 0 atom stereocenters. The monoisotopic (exact) mass is 346 g/mol. The molecule has 1 aromatic carbocycles. The number of carbonyl (C=O) groups excluding carboxylic acids is 2. The number of likely N-dealkylation sites (N-methyl/N-ethyl adjacent to an activating group) is 1. The van der Waals surface area contributed by atoms with Crippen LogP contribution in [-0.4, -0.2) is 54.3 Å². The summed E-state index contributed by atoms with van der Waals surface area (Å²) in [5, 5.41) is 6.81. The average Bonchev–Trinajstić information content (AvgIpc) is 2.95. The standard InChI is InChI=1S/C17H22N4O4/c1-11-6-7-14(24-4)13(8-11)18-15(22)10-20(2)17(23)12-9-21(3)19-16(12)25-5/h6-9H,10H2,1-5H3,(H,18,22). The summed E-state index contributed by atoms with van der Waals surface area (Å²) in [6.07, 6.45) is 1.55. The fraction of sp³-hybridized carbons (Fsp3) is 0.353. The Balaban J connectivity index is 2.07. The van der Waals surface area contributed by atoms with Gasteiger partial charge in [0.05, 0.1) is 26.5 Å². The minimum Gasteiger partial charge on any atom is -0.495 e. The Morgan fingerprint density at radius 1 is 1.28 bits per heavy atom. The Labute approximate surface area is 146 Å². The SMILES string of the molecule is COc1ccc(C)cc1NC(=O)CN(C)C(=O)c1cn(C)nc1OC. The van der Waals surface area contributed by atoms with Crippen LogP contribution in [0.15, 0.2) is 24.4 Å². The topological polar surface area (TPSA) is 85.7 Å². The van der Waals surface area contributed by atoms with Gasteiger partial charge in [0.2, 0.25) is 11.8 Å². The van der Waals surface area contributed by atoms with Gasteiger partial charge in [-0.1, -0.05) is 6.07 Å². The summed E-state index contributed by atoms with van der Waals surface area (Å²) in [4.78, 5) is 26.1. The molecule has 0 saturated heterocycles. The molecule has 25 heavy (non-hydrogen) atoms. The summed E-state index contributed by atoms with van der Waals surface area (Å²) in [6, 6.07) is 5.47. The van der Waals surface area contributed by atoms with Crippen LogP contribution in [0.3, 0.4) is 0 Å². The second kappa shape index (κ2) is 7.69. The molecule has 1 N–H and O–H groups in total. The number of anilines is 1. The molecule has 0 aliphatic heterocycles. The highest BCUT2D eigenvalue weighted by Gasteiger charge is 2.22. The van der Waals surface area contributed by atoms with Crippen molar-refractivity contribution < 1.29 is 19.1 Å². The molecule has 2 amide bonds. The first-order valence-corrected chi connectivity index (χ1v) is 7.63. The largest absolute Gasteiger partial charge is 0.495 e. The molecule has 2 aromatic rings. The van der Waals surface area contributed by atoms with Gasteiger partial charge in [-0.15, -0.1) is 5.10 Å². The molecule has 134 valence electrons. The lowest BCUT2D eigenvalue weighted by Gasteiger charge is -2.17. The summed E-state index contributed by atoms with van der Waals surface area (Å²) in [5.74, 6) is 0.0980. The van der Waals surface area contributed by atoms with Crippen LogP contribution in [0.5, 0.6) is 11.6 Å². The summed E-state index contributed by atoms with van der Waals surface area (Å²) < 4.78 is 11.8. The Hall–Kier alpha value is -3.03. The maximum Gasteiger partial charge on any atom is 0.261 e. The number of carbonyl (C=O) groups is 2. The van der Waals surface area contributed by atoms with Gasteiger partial charge < -0.3 is 19.7 Å². The molecule has 2 rings (SSSR count). The number of aryl methyl sites for hydroxylation is 2. The fourth-order valence-corrected chi connectivity index (χ4v) is 2.37. The number of nitrogens with one attached hydrogen (secondary N) is 1. The third kappa shape index (κ3) is 4.28. The number of aromatic nitrogens is 2. The van der Waals surface area contributed by atoms with Crippen LogP contribution in [0.2, 0.25) is 0 Å². The van der Waals surface area contributed by atoms with Crippen LogP contribution >= 0.6 is 0 Å². The van der Waals surface area contributed by atoms with E-state index in [9.17, 15) is 9.59 Å². The van der Waals surface area contributed by atoms with Gasteiger partial charge in [0, 0.05) is 20.3 Å². The number of benzene rings is 1. The quantitative estimate of drug-likeness (QED) is 0.856. The highest BCUT2D eigenvalue weighted by molar-refractivity contribution is 6.00. The van der Waals surface area contributed by atoms with E-state index in [0.717, 1.165) is 5.56 Å². The molecule has 8 nitrogen and oxygen atoms in total. The highest BCUT2D eigenvalue weighted by Crippen LogP contribution is 2.25. The van der Waals surface area contributed by atoms with Gasteiger partial charge >= 0.3 is 0 Å². The maximum absolute atomic E-state index is 12.5. The lowest BCUT2D eigenvalue weighted by atomic mass is 10.2. The minimum atomic E-state index is -0.351. The summed E-state index contributed by atoms with van der Waals surface area (Å²) in [7, 11) is 6.21. The van der Waals surface area contributed by atoms with Crippen molar-refractivity contribution in [2.45, 2.75) is 6.92 Å². The van der Waals surface area contributed by atoms with Crippen molar-refractivity contribution >= 4 is 17.5 Å². The van der Waals surface area contributed by atoms with E-state index in [1.165, 1.54) is 23.8 Å². The van der Waals surface area contributed by atoms with E-state index in [1.807, 2.05) is 19.1 Å². The molecule has 0 aliphatic carbocycles. The maximum atomic E-state index is 12.5. The molecule has 0 bridgehead atoms. The zero-order valence-electron chi connectivity index (χ0n) is 15.0. The van der Waals surface area contributed by atoms with Crippen LogP contribution < -0.4 is 14.8 Å². The number of methoxy groups -OCH3 is 2. The molecule has 0 unspecified atom stereocenters. The molecule has 1 aromatic heterocycles. The molecular formula is C17H22N4O4. The van der Waals surface area contributed by atoms with E-state index in [2.05, 4.69) is 10.4 Å². The molecule has 0 spiro atoms. The number of amides is 2. The number of rotatable bonds is 6. The Morgan fingerprint density at radius 3 is 2.64 bits per heavy atom. The van der Waals surface area contributed by atoms with Gasteiger partial charge in [-0.3, -0.25) is 14.3 Å². The van der Waals surface area contributed by atoms with Crippen molar-refractivity contribution in [3.63, 3.8) is 0 Å². The lowest BCUT2D eigenvalue weighted by Crippen LogP contribution is -2.35. The zero-order valence-corrected chi connectivity index (χ0v) is 15.0. The van der Waals surface area contributed by atoms with Crippen LogP contribution in [0.4, 0.5) is 5.69 Å². The number of hydrogen-bond donors (Lipinski definition) is 1. The van der Waals surface area contributed by atoms with Crippen LogP contribution in [0.1, 0.15) is 15.9 Å². The van der Waals surface area contributed by atoms with E-state index in [0.29, 0.717) is 17.0 Å². The molecule has 0 radical (unpaired) electrons. The lowest BCUT2D eigenvalue weighted by molar-refractivity contribution is -0.116. The summed E-state index contributed by atoms with van der Waals surface area (Å²) in [5.41, 5.74) is 1.85. The minimum absolute atomic E-state index is 0.117. The van der Waals surface area contributed by atoms with Crippen molar-refractivity contribution in [1.29, 1.82) is 0 Å². The summed E-state index contributed by atoms with van der Waals surface area (Å²) in [6.45, 7) is 1.80. The van der Waals surface area contributed by atoms with Gasteiger partial charge in [-0.05, 0) is 24.6 Å². The zero-order chi connectivity index (χ0) is 18.6. The normalized spacial score (nSPS) is 10.3. The van der Waals surface area contributed by atoms with E-state index < -0.39 is 0 Å². The van der Waals surface area contributed by atoms with Gasteiger partial charge in [-0.2, -0.15) is 0 Å². The van der Waals surface area contributed by atoms with Gasteiger partial charge in [-0.25, -0.2) is 0 Å². The van der Waals surface area contributed by atoms with Crippen molar-refractivity contribution in [2.75, 3.05) is 33.1 Å². The van der Waals surface area contributed by atoms with Crippen LogP contribution in [0.25, 0.3) is 0 Å². The first-order valence-electron chi connectivity index (χ1n) is 7.63. The molecule has 0 saturated carbocycles. The van der Waals surface area contributed by atoms with Crippen molar-refractivity contribution in [2.24, 2.45) is 7.05 Å². The Kier molecular flexibility index (Phi) is 5.63. The Morgan fingerprint density at radius 2 is 2.00 bits per heavy atom. The first kappa shape index (κ1) is 18.3. The van der Waals surface area contributed by atoms with Gasteiger partial charge in [0.15, 0.2) is 0 Å². The molecule has 0 fully saturated rings. The van der Waals surface area contributed by atoms with E-state index in [1.54, 1.807) is 26.4 Å². The summed E-state index contributed by atoms with van der Waals surface area (Å²) >= 11 is 0. The van der Waals surface area contributed by atoms with Gasteiger partial charge in [0.25, 0.3) is 5.91 Å². The highest BCUT2D eigenvalue weighted by atomic mass is 16.5. The predicted molar refractivity (Wildman–Crippen MR) is 93.1 cm³/mol. The number of ether oxygens (including phenoxy) is 2. The van der Waals surface area contributed by atoms with Crippen molar-refractivity contribution in [3.8, 4) is 11.6 Å². The van der Waals surface area contributed by atoms with Gasteiger partial charge in [0.1, 0.15) is 11.3 Å². The third-order valence-corrected chi connectivity index (χ3v) is 3.58. The smallest absolute Gasteiger partial charge is 0.261 e. The fourth-order valence-electron chi connectivity index (χ4n) is 2.37. The number of hydrogen-bond acceptors (Lipinski definition) is 5. The van der Waals surface area contributed by atoms with Crippen molar-refractivity contribution in [1.82, 2.24) is 14.7 Å². The second-order valence-corrected chi connectivity index (χ2v) is 5.64.